The smallest absolute Gasteiger partial charge is 0.406 e. The Labute approximate surface area is 72.5 Å². The summed E-state index contributed by atoms with van der Waals surface area (Å²) in [6, 6.07) is -2.61. The Hall–Kier alpha value is -0.820. The molecule has 4 nitrogen and oxygen atoms in total. The van der Waals surface area contributed by atoms with Crippen molar-refractivity contribution in [1.82, 2.24) is 0 Å². The lowest BCUT2D eigenvalue weighted by Gasteiger charge is -2.19. The maximum Gasteiger partial charge on any atom is 0.406 e. The number of rotatable bonds is 3. The SMILES string of the molecule is CCOC(=O)[C@@H](O)[C@@H](N)C(F)(F)F. The van der Waals surface area contributed by atoms with Gasteiger partial charge in [0.05, 0.1) is 6.61 Å². The molecule has 0 rings (SSSR count). The van der Waals surface area contributed by atoms with Gasteiger partial charge in [0.1, 0.15) is 6.04 Å². The number of halogens is 3. The van der Waals surface area contributed by atoms with Gasteiger partial charge in [0.15, 0.2) is 6.10 Å². The lowest BCUT2D eigenvalue weighted by molar-refractivity contribution is -0.185. The van der Waals surface area contributed by atoms with Gasteiger partial charge in [-0.25, -0.2) is 4.79 Å². The molecule has 0 unspecified atom stereocenters. The summed E-state index contributed by atoms with van der Waals surface area (Å²) >= 11 is 0. The number of carbonyl (C=O) groups excluding carboxylic acids is 1. The molecule has 3 N–H and O–H groups in total. The molecule has 0 radical (unpaired) electrons. The number of hydrogen-bond acceptors (Lipinski definition) is 4. The number of hydrogen-bond donors (Lipinski definition) is 2. The van der Waals surface area contributed by atoms with Gasteiger partial charge in [0.2, 0.25) is 0 Å². The van der Waals surface area contributed by atoms with Gasteiger partial charge in [-0.05, 0) is 6.92 Å². The third kappa shape index (κ3) is 3.60. The molecule has 0 aliphatic carbocycles. The van der Waals surface area contributed by atoms with Crippen LogP contribution in [0.25, 0.3) is 0 Å². The Morgan fingerprint density at radius 2 is 2.08 bits per heavy atom. The van der Waals surface area contributed by atoms with E-state index in [-0.39, 0.29) is 6.61 Å². The molecule has 2 atom stereocenters. The summed E-state index contributed by atoms with van der Waals surface area (Å²) < 4.78 is 39.6. The monoisotopic (exact) mass is 201 g/mol. The fraction of sp³-hybridized carbons (Fsp3) is 0.833. The van der Waals surface area contributed by atoms with E-state index >= 15 is 0 Å². The molecule has 0 saturated carbocycles. The molecule has 0 fully saturated rings. The highest BCUT2D eigenvalue weighted by atomic mass is 19.4. The second-order valence-electron chi connectivity index (χ2n) is 2.26. The summed E-state index contributed by atoms with van der Waals surface area (Å²) in [7, 11) is 0. The van der Waals surface area contributed by atoms with E-state index in [9.17, 15) is 18.0 Å². The van der Waals surface area contributed by atoms with E-state index in [4.69, 9.17) is 5.11 Å². The molecule has 0 spiro atoms. The Bertz CT molecular complexity index is 182. The van der Waals surface area contributed by atoms with Gasteiger partial charge in [0, 0.05) is 0 Å². The zero-order valence-electron chi connectivity index (χ0n) is 6.84. The second-order valence-corrected chi connectivity index (χ2v) is 2.26. The van der Waals surface area contributed by atoms with E-state index in [0.717, 1.165) is 0 Å². The van der Waals surface area contributed by atoms with Gasteiger partial charge >= 0.3 is 12.1 Å². The minimum Gasteiger partial charge on any atom is -0.464 e. The summed E-state index contributed by atoms with van der Waals surface area (Å²) in [4.78, 5) is 10.6. The van der Waals surface area contributed by atoms with E-state index in [0.29, 0.717) is 0 Å². The highest BCUT2D eigenvalue weighted by Gasteiger charge is 2.44. The van der Waals surface area contributed by atoms with Crippen molar-refractivity contribution in [2.24, 2.45) is 5.73 Å². The molecule has 7 heteroatoms. The van der Waals surface area contributed by atoms with Gasteiger partial charge < -0.3 is 15.6 Å². The van der Waals surface area contributed by atoms with E-state index in [1.807, 2.05) is 0 Å². The van der Waals surface area contributed by atoms with Crippen LogP contribution in [0, 0.1) is 0 Å². The first kappa shape index (κ1) is 12.2. The number of esters is 1. The van der Waals surface area contributed by atoms with Crippen molar-refractivity contribution in [3.63, 3.8) is 0 Å². The van der Waals surface area contributed by atoms with Crippen LogP contribution in [-0.2, 0) is 9.53 Å². The summed E-state index contributed by atoms with van der Waals surface area (Å²) in [5.41, 5.74) is 4.55. The summed E-state index contributed by atoms with van der Waals surface area (Å²) in [6.45, 7) is 1.30. The predicted octanol–water partition coefficient (Wildman–Crippen LogP) is -0.200. The highest BCUT2D eigenvalue weighted by molar-refractivity contribution is 5.75. The van der Waals surface area contributed by atoms with Crippen LogP contribution >= 0.6 is 0 Å². The number of carbonyl (C=O) groups is 1. The normalized spacial score (nSPS) is 16.5. The largest absolute Gasteiger partial charge is 0.464 e. The van der Waals surface area contributed by atoms with E-state index in [1.165, 1.54) is 6.92 Å². The first-order valence-electron chi connectivity index (χ1n) is 3.47. The van der Waals surface area contributed by atoms with Crippen molar-refractivity contribution in [2.75, 3.05) is 6.61 Å². The molecule has 0 aromatic carbocycles. The Kier molecular flexibility index (Phi) is 4.15. The van der Waals surface area contributed by atoms with Gasteiger partial charge in [-0.15, -0.1) is 0 Å². The van der Waals surface area contributed by atoms with Crippen LogP contribution in [0.4, 0.5) is 13.2 Å². The average Bonchev–Trinajstić information content (AvgIpc) is 2.00. The number of aliphatic hydroxyl groups excluding tert-OH is 1. The fourth-order valence-corrected chi connectivity index (χ4v) is 0.553. The third-order valence-corrected chi connectivity index (χ3v) is 1.25. The first-order chi connectivity index (χ1) is 5.80. The quantitative estimate of drug-likeness (QED) is 0.620. The molecule has 13 heavy (non-hydrogen) atoms. The lowest BCUT2D eigenvalue weighted by Crippen LogP contribution is -2.51. The Balaban J connectivity index is 4.25. The maximum atomic E-state index is 11.8. The molecule has 0 amide bonds. The molecule has 0 aliphatic rings. The van der Waals surface area contributed by atoms with Crippen molar-refractivity contribution < 1.29 is 27.8 Å². The molecule has 0 aromatic heterocycles. The number of aliphatic hydroxyl groups is 1. The topological polar surface area (TPSA) is 72.5 Å². The second kappa shape index (κ2) is 4.43. The molecule has 0 aliphatic heterocycles. The Morgan fingerprint density at radius 3 is 2.38 bits per heavy atom. The van der Waals surface area contributed by atoms with Crippen molar-refractivity contribution in [3.05, 3.63) is 0 Å². The minimum atomic E-state index is -4.81. The van der Waals surface area contributed by atoms with E-state index in [2.05, 4.69) is 10.5 Å². The van der Waals surface area contributed by atoms with Crippen LogP contribution in [0.1, 0.15) is 6.92 Å². The number of alkyl halides is 3. The summed E-state index contributed by atoms with van der Waals surface area (Å²) in [5.74, 6) is -1.37. The Morgan fingerprint density at radius 1 is 1.62 bits per heavy atom. The molecule has 0 saturated heterocycles. The third-order valence-electron chi connectivity index (χ3n) is 1.25. The minimum absolute atomic E-state index is 0.111. The van der Waals surface area contributed by atoms with Gasteiger partial charge in [0.25, 0.3) is 0 Å². The van der Waals surface area contributed by atoms with Crippen LogP contribution in [0.3, 0.4) is 0 Å². The molecule has 0 heterocycles. The molecule has 0 aromatic rings. The van der Waals surface area contributed by atoms with Crippen molar-refractivity contribution in [3.8, 4) is 0 Å². The number of ether oxygens (including phenoxy) is 1. The van der Waals surface area contributed by atoms with E-state index in [1.54, 1.807) is 0 Å². The zero-order valence-corrected chi connectivity index (χ0v) is 6.84. The standard InChI is InChI=1S/C6H10F3NO3/c1-2-13-5(12)3(11)4(10)6(7,8)9/h3-4,11H,2,10H2,1H3/t3-,4+/m0/s1. The van der Waals surface area contributed by atoms with Crippen molar-refractivity contribution in [2.45, 2.75) is 25.2 Å². The molecule has 0 bridgehead atoms. The van der Waals surface area contributed by atoms with Crippen LogP contribution in [0.15, 0.2) is 0 Å². The summed E-state index contributed by atoms with van der Waals surface area (Å²) in [6.07, 6.45) is -7.17. The summed E-state index contributed by atoms with van der Waals surface area (Å²) in [5, 5.41) is 8.73. The first-order valence-corrected chi connectivity index (χ1v) is 3.47. The van der Waals surface area contributed by atoms with Crippen LogP contribution in [0.2, 0.25) is 0 Å². The zero-order chi connectivity index (χ0) is 10.6. The molecule has 78 valence electrons. The van der Waals surface area contributed by atoms with Crippen molar-refractivity contribution in [1.29, 1.82) is 0 Å². The van der Waals surface area contributed by atoms with Crippen LogP contribution in [-0.4, -0.2) is 36.0 Å². The van der Waals surface area contributed by atoms with Gasteiger partial charge in [-0.1, -0.05) is 0 Å². The fourth-order valence-electron chi connectivity index (χ4n) is 0.553. The maximum absolute atomic E-state index is 11.8. The van der Waals surface area contributed by atoms with Crippen LogP contribution in [0.5, 0.6) is 0 Å². The molecular weight excluding hydrogens is 191 g/mol. The average molecular weight is 201 g/mol. The van der Waals surface area contributed by atoms with Gasteiger partial charge in [-0.3, -0.25) is 0 Å². The van der Waals surface area contributed by atoms with Crippen molar-refractivity contribution >= 4 is 5.97 Å². The predicted molar refractivity (Wildman–Crippen MR) is 36.7 cm³/mol. The molecular formula is C6H10F3NO3. The van der Waals surface area contributed by atoms with Crippen LogP contribution < -0.4 is 5.73 Å². The van der Waals surface area contributed by atoms with E-state index < -0.39 is 24.3 Å². The highest BCUT2D eigenvalue weighted by Crippen LogP contribution is 2.21. The number of nitrogens with two attached hydrogens (primary N) is 1. The van der Waals surface area contributed by atoms with Gasteiger partial charge in [-0.2, -0.15) is 13.2 Å². The lowest BCUT2D eigenvalue weighted by atomic mass is 10.2.